The number of carbonyl (C=O) groups excluding carboxylic acids is 1. The minimum absolute atomic E-state index is 0.0713. The van der Waals surface area contributed by atoms with Gasteiger partial charge in [-0.3, -0.25) is 9.59 Å². The fourth-order valence-electron chi connectivity index (χ4n) is 2.80. The van der Waals surface area contributed by atoms with E-state index < -0.39 is 11.9 Å². The van der Waals surface area contributed by atoms with E-state index in [9.17, 15) is 9.59 Å². The highest BCUT2D eigenvalue weighted by atomic mass is 32.2. The molecule has 3 atom stereocenters. The Labute approximate surface area is 106 Å². The molecule has 4 nitrogen and oxygen atoms in total. The van der Waals surface area contributed by atoms with Crippen molar-refractivity contribution < 1.29 is 14.7 Å². The van der Waals surface area contributed by atoms with Gasteiger partial charge in [0.2, 0.25) is 5.91 Å². The van der Waals surface area contributed by atoms with Crippen LogP contribution in [0.2, 0.25) is 0 Å². The van der Waals surface area contributed by atoms with Crippen molar-refractivity contribution in [3.8, 4) is 0 Å². The summed E-state index contributed by atoms with van der Waals surface area (Å²) in [5.74, 6) is -0.491. The molecular weight excluding hydrogens is 238 g/mol. The highest BCUT2D eigenvalue weighted by Gasteiger charge is 2.40. The molecule has 1 amide bonds. The summed E-state index contributed by atoms with van der Waals surface area (Å²) in [6.07, 6.45) is 2.27. The molecule has 1 saturated heterocycles. The number of hydrogen-bond donors (Lipinski definition) is 1. The second-order valence-corrected chi connectivity index (χ2v) is 6.49. The van der Waals surface area contributed by atoms with E-state index in [4.69, 9.17) is 5.11 Å². The van der Waals surface area contributed by atoms with Gasteiger partial charge in [-0.05, 0) is 12.8 Å². The molecule has 1 heterocycles. The third kappa shape index (κ3) is 2.76. The molecular formula is C12H19NO3S. The Morgan fingerprint density at radius 3 is 2.65 bits per heavy atom. The largest absolute Gasteiger partial charge is 0.481 e. The highest BCUT2D eigenvalue weighted by Crippen LogP contribution is 2.34. The standard InChI is InChI=1S/C12H19NO3S/c1-8-7-13(5-6-17-8)11(14)9-3-2-4-10(9)12(15)16/h8-10H,2-7H2,1H3,(H,15,16). The summed E-state index contributed by atoms with van der Waals surface area (Å²) in [6.45, 7) is 3.66. The number of rotatable bonds is 2. The van der Waals surface area contributed by atoms with Gasteiger partial charge in [0.05, 0.1) is 11.8 Å². The van der Waals surface area contributed by atoms with E-state index in [1.807, 2.05) is 16.7 Å². The number of hydrogen-bond acceptors (Lipinski definition) is 3. The zero-order valence-electron chi connectivity index (χ0n) is 10.1. The van der Waals surface area contributed by atoms with E-state index in [1.54, 1.807) is 0 Å². The molecule has 1 aliphatic carbocycles. The fraction of sp³-hybridized carbons (Fsp3) is 0.833. The lowest BCUT2D eigenvalue weighted by molar-refractivity contribution is -0.149. The molecule has 0 aromatic heterocycles. The van der Waals surface area contributed by atoms with Crippen LogP contribution in [0.3, 0.4) is 0 Å². The number of carbonyl (C=O) groups is 2. The number of carboxylic acid groups (broad SMARTS) is 1. The summed E-state index contributed by atoms with van der Waals surface area (Å²) < 4.78 is 0. The van der Waals surface area contributed by atoms with Gasteiger partial charge in [-0.2, -0.15) is 11.8 Å². The Balaban J connectivity index is 2.01. The molecule has 1 N–H and O–H groups in total. The third-order valence-electron chi connectivity index (χ3n) is 3.70. The van der Waals surface area contributed by atoms with Crippen molar-refractivity contribution in [3.05, 3.63) is 0 Å². The fourth-order valence-corrected chi connectivity index (χ4v) is 3.82. The molecule has 0 radical (unpaired) electrons. The Kier molecular flexibility index (Phi) is 3.97. The Hall–Kier alpha value is -0.710. The van der Waals surface area contributed by atoms with Gasteiger partial charge in [-0.1, -0.05) is 13.3 Å². The first-order chi connectivity index (χ1) is 8.09. The predicted molar refractivity (Wildman–Crippen MR) is 67.0 cm³/mol. The molecule has 1 saturated carbocycles. The maximum atomic E-state index is 12.3. The summed E-state index contributed by atoms with van der Waals surface area (Å²) in [5, 5.41) is 9.58. The van der Waals surface area contributed by atoms with Crippen molar-refractivity contribution >= 4 is 23.6 Å². The first kappa shape index (κ1) is 12.7. The zero-order chi connectivity index (χ0) is 12.4. The highest BCUT2D eigenvalue weighted by molar-refractivity contribution is 7.99. The average molecular weight is 257 g/mol. The van der Waals surface area contributed by atoms with Gasteiger partial charge in [0.15, 0.2) is 0 Å². The normalized spacial score (nSPS) is 33.7. The maximum Gasteiger partial charge on any atom is 0.307 e. The second-order valence-electron chi connectivity index (χ2n) is 4.95. The van der Waals surface area contributed by atoms with Crippen LogP contribution in [0.15, 0.2) is 0 Å². The minimum atomic E-state index is -0.805. The molecule has 0 aromatic carbocycles. The molecule has 0 spiro atoms. The summed E-state index contributed by atoms with van der Waals surface area (Å²) in [7, 11) is 0. The lowest BCUT2D eigenvalue weighted by Gasteiger charge is -2.33. The summed E-state index contributed by atoms with van der Waals surface area (Å²) in [5.41, 5.74) is 0. The van der Waals surface area contributed by atoms with Crippen LogP contribution in [0, 0.1) is 11.8 Å². The number of nitrogens with zero attached hydrogens (tertiary/aromatic N) is 1. The van der Waals surface area contributed by atoms with Crippen molar-refractivity contribution in [2.75, 3.05) is 18.8 Å². The number of amides is 1. The van der Waals surface area contributed by atoms with Gasteiger partial charge < -0.3 is 10.0 Å². The van der Waals surface area contributed by atoms with Gasteiger partial charge in [-0.15, -0.1) is 0 Å². The molecule has 1 aliphatic heterocycles. The van der Waals surface area contributed by atoms with Gasteiger partial charge in [0.25, 0.3) is 0 Å². The van der Waals surface area contributed by atoms with Gasteiger partial charge >= 0.3 is 5.97 Å². The van der Waals surface area contributed by atoms with Crippen molar-refractivity contribution in [2.24, 2.45) is 11.8 Å². The van der Waals surface area contributed by atoms with E-state index >= 15 is 0 Å². The summed E-state index contributed by atoms with van der Waals surface area (Å²) in [4.78, 5) is 25.3. The molecule has 0 bridgehead atoms. The van der Waals surface area contributed by atoms with E-state index in [2.05, 4.69) is 6.92 Å². The Morgan fingerprint density at radius 1 is 1.29 bits per heavy atom. The van der Waals surface area contributed by atoms with Crippen molar-refractivity contribution in [2.45, 2.75) is 31.4 Å². The van der Waals surface area contributed by atoms with E-state index in [-0.39, 0.29) is 11.8 Å². The lowest BCUT2D eigenvalue weighted by Crippen LogP contribution is -2.45. The Morgan fingerprint density at radius 2 is 2.00 bits per heavy atom. The average Bonchev–Trinajstić information content (AvgIpc) is 2.77. The van der Waals surface area contributed by atoms with Crippen LogP contribution < -0.4 is 0 Å². The Bertz CT molecular complexity index is 321. The van der Waals surface area contributed by atoms with Crippen LogP contribution in [0.4, 0.5) is 0 Å². The number of carboxylic acids is 1. The third-order valence-corrected chi connectivity index (χ3v) is 4.84. The molecule has 5 heteroatoms. The predicted octanol–water partition coefficient (Wildman–Crippen LogP) is 1.45. The van der Waals surface area contributed by atoms with Crippen LogP contribution in [-0.2, 0) is 9.59 Å². The lowest BCUT2D eigenvalue weighted by atomic mass is 9.94. The molecule has 17 heavy (non-hydrogen) atoms. The van der Waals surface area contributed by atoms with Gasteiger partial charge in [0, 0.05) is 24.1 Å². The molecule has 3 unspecified atom stereocenters. The molecule has 2 fully saturated rings. The van der Waals surface area contributed by atoms with Crippen LogP contribution >= 0.6 is 11.8 Å². The van der Waals surface area contributed by atoms with Crippen molar-refractivity contribution in [3.63, 3.8) is 0 Å². The number of aliphatic carboxylic acids is 1. The van der Waals surface area contributed by atoms with Crippen LogP contribution in [0.25, 0.3) is 0 Å². The first-order valence-corrected chi connectivity index (χ1v) is 7.27. The van der Waals surface area contributed by atoms with Gasteiger partial charge in [0.1, 0.15) is 0 Å². The van der Waals surface area contributed by atoms with E-state index in [0.29, 0.717) is 11.7 Å². The monoisotopic (exact) mass is 257 g/mol. The van der Waals surface area contributed by atoms with E-state index in [1.165, 1.54) is 0 Å². The molecule has 2 aliphatic rings. The van der Waals surface area contributed by atoms with Crippen molar-refractivity contribution in [1.29, 1.82) is 0 Å². The summed E-state index contributed by atoms with van der Waals surface area (Å²) in [6, 6.07) is 0. The van der Waals surface area contributed by atoms with Gasteiger partial charge in [-0.25, -0.2) is 0 Å². The SMILES string of the molecule is CC1CN(C(=O)C2CCCC2C(=O)O)CCS1. The van der Waals surface area contributed by atoms with E-state index in [0.717, 1.165) is 31.7 Å². The second kappa shape index (κ2) is 5.29. The quantitative estimate of drug-likeness (QED) is 0.813. The minimum Gasteiger partial charge on any atom is -0.481 e. The first-order valence-electron chi connectivity index (χ1n) is 6.23. The zero-order valence-corrected chi connectivity index (χ0v) is 10.9. The number of thioether (sulfide) groups is 1. The molecule has 96 valence electrons. The summed E-state index contributed by atoms with van der Waals surface area (Å²) >= 11 is 1.88. The van der Waals surface area contributed by atoms with Crippen LogP contribution in [0.1, 0.15) is 26.2 Å². The smallest absolute Gasteiger partial charge is 0.307 e. The van der Waals surface area contributed by atoms with Crippen LogP contribution in [-0.4, -0.2) is 46.0 Å². The topological polar surface area (TPSA) is 57.6 Å². The van der Waals surface area contributed by atoms with Crippen LogP contribution in [0.5, 0.6) is 0 Å². The maximum absolute atomic E-state index is 12.3. The molecule has 2 rings (SSSR count). The van der Waals surface area contributed by atoms with Crippen molar-refractivity contribution in [1.82, 2.24) is 4.90 Å². The molecule has 0 aromatic rings.